The first-order chi connectivity index (χ1) is 9.08. The van der Waals surface area contributed by atoms with Crippen LogP contribution in [0.3, 0.4) is 0 Å². The largest absolute Gasteiger partial charge is 0.396 e. The molecule has 1 saturated heterocycles. The number of nitrogens with one attached hydrogen (secondary N) is 1. The minimum absolute atomic E-state index is 0.0238. The molecular weight excluding hydrogens is 254 g/mol. The summed E-state index contributed by atoms with van der Waals surface area (Å²) < 4.78 is 26.0. The third-order valence-electron chi connectivity index (χ3n) is 3.20. The standard InChI is InChI=1S/C13H16F2N2O2/c14-10-1-2-12(11(15)5-10)16-13(19)7-17-4-3-9(6-17)8-18/h1-2,5,9,18H,3-4,6-8H2,(H,16,19). The number of carbonyl (C=O) groups excluding carboxylic acids is 1. The molecule has 1 amide bonds. The Kier molecular flexibility index (Phi) is 4.44. The SMILES string of the molecule is O=C(CN1CCC(CO)C1)Nc1ccc(F)cc1F. The number of hydrogen-bond acceptors (Lipinski definition) is 3. The van der Waals surface area contributed by atoms with E-state index in [1.807, 2.05) is 4.90 Å². The van der Waals surface area contributed by atoms with Crippen LogP contribution in [0.1, 0.15) is 6.42 Å². The van der Waals surface area contributed by atoms with Gasteiger partial charge in [0.1, 0.15) is 11.6 Å². The van der Waals surface area contributed by atoms with Crippen molar-refractivity contribution < 1.29 is 18.7 Å². The molecule has 1 aliphatic heterocycles. The molecular formula is C13H16F2N2O2. The summed E-state index contributed by atoms with van der Waals surface area (Å²) in [6.07, 6.45) is 0.856. The Balaban J connectivity index is 1.87. The van der Waals surface area contributed by atoms with Crippen LogP contribution in [0.25, 0.3) is 0 Å². The van der Waals surface area contributed by atoms with E-state index in [0.717, 1.165) is 25.1 Å². The molecule has 4 nitrogen and oxygen atoms in total. The lowest BCUT2D eigenvalue weighted by Crippen LogP contribution is -2.32. The topological polar surface area (TPSA) is 52.6 Å². The Labute approximate surface area is 110 Å². The van der Waals surface area contributed by atoms with Crippen LogP contribution in [0.5, 0.6) is 0 Å². The first kappa shape index (κ1) is 13.9. The molecule has 2 N–H and O–H groups in total. The molecule has 1 aromatic rings. The fraction of sp³-hybridized carbons (Fsp3) is 0.462. The Morgan fingerprint density at radius 2 is 2.26 bits per heavy atom. The van der Waals surface area contributed by atoms with Crippen molar-refractivity contribution in [3.8, 4) is 0 Å². The van der Waals surface area contributed by atoms with Crippen molar-refractivity contribution >= 4 is 11.6 Å². The van der Waals surface area contributed by atoms with Gasteiger partial charge in [-0.05, 0) is 31.0 Å². The highest BCUT2D eigenvalue weighted by atomic mass is 19.1. The fourth-order valence-electron chi connectivity index (χ4n) is 2.19. The molecule has 0 spiro atoms. The minimum atomic E-state index is -0.789. The zero-order chi connectivity index (χ0) is 13.8. The number of nitrogens with zero attached hydrogens (tertiary/aromatic N) is 1. The van der Waals surface area contributed by atoms with Gasteiger partial charge in [-0.1, -0.05) is 0 Å². The number of aliphatic hydroxyl groups is 1. The number of rotatable bonds is 4. The first-order valence-corrected chi connectivity index (χ1v) is 6.16. The predicted octanol–water partition coefficient (Wildman–Crippen LogP) is 1.22. The highest BCUT2D eigenvalue weighted by Crippen LogP contribution is 2.17. The smallest absolute Gasteiger partial charge is 0.238 e. The Hall–Kier alpha value is -1.53. The van der Waals surface area contributed by atoms with Gasteiger partial charge in [0.15, 0.2) is 0 Å². The third kappa shape index (κ3) is 3.71. The van der Waals surface area contributed by atoms with Gasteiger partial charge in [-0.3, -0.25) is 9.69 Å². The molecule has 6 heteroatoms. The maximum atomic E-state index is 13.3. The van der Waals surface area contributed by atoms with Gasteiger partial charge in [0.2, 0.25) is 5.91 Å². The Morgan fingerprint density at radius 1 is 1.47 bits per heavy atom. The second-order valence-electron chi connectivity index (χ2n) is 4.74. The molecule has 0 aliphatic carbocycles. The van der Waals surface area contributed by atoms with Gasteiger partial charge in [-0.15, -0.1) is 0 Å². The van der Waals surface area contributed by atoms with Crippen LogP contribution in [0.2, 0.25) is 0 Å². The van der Waals surface area contributed by atoms with E-state index in [-0.39, 0.29) is 30.7 Å². The summed E-state index contributed by atoms with van der Waals surface area (Å²) in [6, 6.07) is 3.02. The van der Waals surface area contributed by atoms with E-state index in [0.29, 0.717) is 6.54 Å². The lowest BCUT2D eigenvalue weighted by Gasteiger charge is -2.15. The van der Waals surface area contributed by atoms with Crippen LogP contribution in [-0.4, -0.2) is 42.2 Å². The summed E-state index contributed by atoms with van der Waals surface area (Å²) in [5, 5.41) is 11.4. The molecule has 1 unspecified atom stereocenters. The molecule has 1 aliphatic rings. The first-order valence-electron chi connectivity index (χ1n) is 6.16. The van der Waals surface area contributed by atoms with Gasteiger partial charge in [-0.2, -0.15) is 0 Å². The second kappa shape index (κ2) is 6.08. The number of halogens is 2. The summed E-state index contributed by atoms with van der Waals surface area (Å²) in [5.41, 5.74) is -0.0238. The van der Waals surface area contributed by atoms with E-state index in [1.54, 1.807) is 0 Å². The van der Waals surface area contributed by atoms with Crippen molar-refractivity contribution in [3.05, 3.63) is 29.8 Å². The van der Waals surface area contributed by atoms with E-state index in [9.17, 15) is 13.6 Å². The van der Waals surface area contributed by atoms with Crippen LogP contribution in [-0.2, 0) is 4.79 Å². The molecule has 0 bridgehead atoms. The molecule has 2 rings (SSSR count). The van der Waals surface area contributed by atoms with Gasteiger partial charge in [-0.25, -0.2) is 8.78 Å². The number of aliphatic hydroxyl groups excluding tert-OH is 1. The third-order valence-corrected chi connectivity index (χ3v) is 3.20. The van der Waals surface area contributed by atoms with Gasteiger partial charge in [0.25, 0.3) is 0 Å². The maximum absolute atomic E-state index is 13.3. The number of hydrogen-bond donors (Lipinski definition) is 2. The average Bonchev–Trinajstić information content (AvgIpc) is 2.80. The number of anilines is 1. The Morgan fingerprint density at radius 3 is 2.89 bits per heavy atom. The maximum Gasteiger partial charge on any atom is 0.238 e. The van der Waals surface area contributed by atoms with Crippen LogP contribution < -0.4 is 5.32 Å². The predicted molar refractivity (Wildman–Crippen MR) is 66.6 cm³/mol. The number of amides is 1. The molecule has 0 aromatic heterocycles. The lowest BCUT2D eigenvalue weighted by atomic mass is 10.1. The van der Waals surface area contributed by atoms with Crippen molar-refractivity contribution in [1.82, 2.24) is 4.90 Å². The highest BCUT2D eigenvalue weighted by Gasteiger charge is 2.23. The number of benzene rings is 1. The minimum Gasteiger partial charge on any atom is -0.396 e. The normalized spacial score (nSPS) is 19.6. The van der Waals surface area contributed by atoms with Crippen LogP contribution >= 0.6 is 0 Å². The summed E-state index contributed by atoms with van der Waals surface area (Å²) >= 11 is 0. The summed E-state index contributed by atoms with van der Waals surface area (Å²) in [4.78, 5) is 13.6. The summed E-state index contributed by atoms with van der Waals surface area (Å²) in [5.74, 6) is -1.61. The van der Waals surface area contributed by atoms with Crippen molar-refractivity contribution in [1.29, 1.82) is 0 Å². The van der Waals surface area contributed by atoms with E-state index < -0.39 is 11.6 Å². The van der Waals surface area contributed by atoms with E-state index >= 15 is 0 Å². The van der Waals surface area contributed by atoms with Crippen molar-refractivity contribution in [3.63, 3.8) is 0 Å². The quantitative estimate of drug-likeness (QED) is 0.865. The van der Waals surface area contributed by atoms with E-state index in [1.165, 1.54) is 6.07 Å². The number of likely N-dealkylation sites (tertiary alicyclic amines) is 1. The zero-order valence-electron chi connectivity index (χ0n) is 10.4. The van der Waals surface area contributed by atoms with Crippen molar-refractivity contribution in [2.45, 2.75) is 6.42 Å². The second-order valence-corrected chi connectivity index (χ2v) is 4.74. The van der Waals surface area contributed by atoms with Crippen molar-refractivity contribution in [2.75, 3.05) is 31.6 Å². The molecule has 1 heterocycles. The monoisotopic (exact) mass is 270 g/mol. The zero-order valence-corrected chi connectivity index (χ0v) is 10.4. The van der Waals surface area contributed by atoms with Gasteiger partial charge < -0.3 is 10.4 Å². The molecule has 1 atom stereocenters. The van der Waals surface area contributed by atoms with Crippen LogP contribution in [0, 0.1) is 17.6 Å². The van der Waals surface area contributed by atoms with Gasteiger partial charge in [0, 0.05) is 19.2 Å². The Bertz CT molecular complexity index is 468. The summed E-state index contributed by atoms with van der Waals surface area (Å²) in [6.45, 7) is 1.67. The lowest BCUT2D eigenvalue weighted by molar-refractivity contribution is -0.117. The van der Waals surface area contributed by atoms with E-state index in [2.05, 4.69) is 5.32 Å². The average molecular weight is 270 g/mol. The van der Waals surface area contributed by atoms with E-state index in [4.69, 9.17) is 5.11 Å². The molecule has 19 heavy (non-hydrogen) atoms. The molecule has 0 radical (unpaired) electrons. The highest BCUT2D eigenvalue weighted by molar-refractivity contribution is 5.92. The van der Waals surface area contributed by atoms with Gasteiger partial charge in [0.05, 0.1) is 12.2 Å². The van der Waals surface area contributed by atoms with Crippen molar-refractivity contribution in [2.24, 2.45) is 5.92 Å². The molecule has 0 saturated carbocycles. The fourth-order valence-corrected chi connectivity index (χ4v) is 2.19. The molecule has 1 fully saturated rings. The van der Waals surface area contributed by atoms with Crippen LogP contribution in [0.4, 0.5) is 14.5 Å². The molecule has 1 aromatic carbocycles. The summed E-state index contributed by atoms with van der Waals surface area (Å²) in [7, 11) is 0. The van der Waals surface area contributed by atoms with Crippen LogP contribution in [0.15, 0.2) is 18.2 Å². The van der Waals surface area contributed by atoms with Gasteiger partial charge >= 0.3 is 0 Å². The number of carbonyl (C=O) groups is 1. The molecule has 104 valence electrons.